The number of aromatic nitrogens is 2. The Hall–Kier alpha value is -1.73. The molecular weight excluding hydrogens is 257 g/mol. The maximum atomic E-state index is 12.8. The van der Waals surface area contributed by atoms with Crippen molar-refractivity contribution in [1.29, 1.82) is 0 Å². The first-order chi connectivity index (χ1) is 8.45. The largest absolute Gasteiger partial charge is 0.243 e. The van der Waals surface area contributed by atoms with Crippen LogP contribution in [0.5, 0.6) is 0 Å². The molecule has 0 fully saturated rings. The van der Waals surface area contributed by atoms with Crippen LogP contribution in [-0.4, -0.2) is 25.2 Å². The number of halogens is 1. The monoisotopic (exact) mass is 269 g/mol. The Kier molecular flexibility index (Phi) is 3.18. The lowest BCUT2D eigenvalue weighted by atomic mass is 10.3. The fourth-order valence-corrected chi connectivity index (χ4v) is 2.49. The van der Waals surface area contributed by atoms with Gasteiger partial charge >= 0.3 is 0 Å². The summed E-state index contributed by atoms with van der Waals surface area (Å²) in [6.45, 7) is 1.64. The smallest absolute Gasteiger partial charge is 0.237 e. The zero-order chi connectivity index (χ0) is 13.3. The molecule has 1 aromatic heterocycles. The maximum Gasteiger partial charge on any atom is 0.243 e. The summed E-state index contributed by atoms with van der Waals surface area (Å²) < 4.78 is 39.9. The molecule has 0 spiro atoms. The molecule has 0 radical (unpaired) electrons. The lowest BCUT2D eigenvalue weighted by Crippen LogP contribution is -2.19. The van der Waals surface area contributed by atoms with E-state index in [1.807, 2.05) is 0 Å². The molecule has 96 valence electrons. The van der Waals surface area contributed by atoms with Crippen molar-refractivity contribution >= 4 is 10.0 Å². The van der Waals surface area contributed by atoms with Crippen molar-refractivity contribution in [2.45, 2.75) is 11.8 Å². The van der Waals surface area contributed by atoms with Crippen LogP contribution in [0.15, 0.2) is 35.4 Å². The average Bonchev–Trinajstić information content (AvgIpc) is 2.73. The predicted molar refractivity (Wildman–Crippen MR) is 64.5 cm³/mol. The summed E-state index contributed by atoms with van der Waals surface area (Å²) in [5.74, 6) is -0.355. The van der Waals surface area contributed by atoms with Crippen molar-refractivity contribution in [3.63, 3.8) is 0 Å². The van der Waals surface area contributed by atoms with E-state index in [-0.39, 0.29) is 10.7 Å². The molecule has 2 rings (SSSR count). The fraction of sp³-hybridized carbons (Fsp3) is 0.182. The minimum Gasteiger partial charge on any atom is -0.237 e. The lowest BCUT2D eigenvalue weighted by Gasteiger charge is -2.05. The molecule has 0 unspecified atom stereocenters. The van der Waals surface area contributed by atoms with Crippen LogP contribution in [0.4, 0.5) is 4.39 Å². The van der Waals surface area contributed by atoms with Crippen molar-refractivity contribution in [3.8, 4) is 5.69 Å². The van der Waals surface area contributed by atoms with Gasteiger partial charge in [-0.05, 0) is 38.2 Å². The highest BCUT2D eigenvalue weighted by atomic mass is 32.2. The fourth-order valence-electron chi connectivity index (χ4n) is 1.61. The molecular formula is C11H12FN3O2S. The Bertz CT molecular complexity index is 662. The topological polar surface area (TPSA) is 64.0 Å². The zero-order valence-electron chi connectivity index (χ0n) is 9.88. The van der Waals surface area contributed by atoms with Crippen molar-refractivity contribution in [3.05, 3.63) is 42.0 Å². The second-order valence-electron chi connectivity index (χ2n) is 3.69. The molecule has 5 nitrogen and oxygen atoms in total. The van der Waals surface area contributed by atoms with Crippen LogP contribution in [0, 0.1) is 12.7 Å². The second kappa shape index (κ2) is 4.51. The predicted octanol–water partition coefficient (Wildman–Crippen LogP) is 1.23. The van der Waals surface area contributed by atoms with Crippen molar-refractivity contribution < 1.29 is 12.8 Å². The van der Waals surface area contributed by atoms with Gasteiger partial charge in [-0.1, -0.05) is 0 Å². The van der Waals surface area contributed by atoms with Gasteiger partial charge in [0.05, 0.1) is 17.6 Å². The van der Waals surface area contributed by atoms with E-state index < -0.39 is 10.0 Å². The number of sulfonamides is 1. The van der Waals surface area contributed by atoms with Crippen LogP contribution in [-0.2, 0) is 10.0 Å². The van der Waals surface area contributed by atoms with Gasteiger partial charge in [-0.25, -0.2) is 22.2 Å². The zero-order valence-corrected chi connectivity index (χ0v) is 10.7. The van der Waals surface area contributed by atoms with Gasteiger partial charge in [0.15, 0.2) is 0 Å². The summed E-state index contributed by atoms with van der Waals surface area (Å²) in [6, 6.07) is 5.65. The Morgan fingerprint density at radius 2 is 1.89 bits per heavy atom. The molecule has 1 N–H and O–H groups in total. The van der Waals surface area contributed by atoms with E-state index in [0.717, 1.165) is 0 Å². The molecule has 0 aliphatic carbocycles. The first-order valence-electron chi connectivity index (χ1n) is 5.20. The summed E-state index contributed by atoms with van der Waals surface area (Å²) in [6.07, 6.45) is 1.27. The molecule has 0 atom stereocenters. The normalized spacial score (nSPS) is 11.7. The van der Waals surface area contributed by atoms with E-state index in [9.17, 15) is 12.8 Å². The third-order valence-corrected chi connectivity index (χ3v) is 4.11. The van der Waals surface area contributed by atoms with Crippen LogP contribution in [0.25, 0.3) is 5.69 Å². The van der Waals surface area contributed by atoms with Crippen molar-refractivity contribution in [1.82, 2.24) is 14.5 Å². The summed E-state index contributed by atoms with van der Waals surface area (Å²) in [7, 11) is -2.19. The molecule has 18 heavy (non-hydrogen) atoms. The second-order valence-corrected chi connectivity index (χ2v) is 5.54. The molecule has 0 saturated heterocycles. The molecule has 0 aliphatic rings. The van der Waals surface area contributed by atoms with Gasteiger partial charge in [0, 0.05) is 0 Å². The molecule has 0 amide bonds. The Morgan fingerprint density at radius 1 is 1.28 bits per heavy atom. The standard InChI is InChI=1S/C11H12FN3O2S/c1-8-11(18(16,17)13-2)7-14-15(8)10-5-3-9(12)4-6-10/h3-7,13H,1-2H3. The number of benzene rings is 1. The summed E-state index contributed by atoms with van der Waals surface area (Å²) >= 11 is 0. The highest BCUT2D eigenvalue weighted by Crippen LogP contribution is 2.18. The quantitative estimate of drug-likeness (QED) is 0.911. The number of hydrogen-bond acceptors (Lipinski definition) is 3. The Balaban J connectivity index is 2.53. The van der Waals surface area contributed by atoms with Crippen molar-refractivity contribution in [2.24, 2.45) is 0 Å². The van der Waals surface area contributed by atoms with E-state index in [1.54, 1.807) is 6.92 Å². The first-order valence-corrected chi connectivity index (χ1v) is 6.68. The van der Waals surface area contributed by atoms with E-state index in [0.29, 0.717) is 11.4 Å². The van der Waals surface area contributed by atoms with Crippen LogP contribution in [0.3, 0.4) is 0 Å². The van der Waals surface area contributed by atoms with Crippen LogP contribution < -0.4 is 4.72 Å². The third kappa shape index (κ3) is 2.14. The van der Waals surface area contributed by atoms with E-state index in [2.05, 4.69) is 9.82 Å². The summed E-state index contributed by atoms with van der Waals surface area (Å²) in [4.78, 5) is 0.106. The van der Waals surface area contributed by atoms with Crippen LogP contribution in [0.2, 0.25) is 0 Å². The van der Waals surface area contributed by atoms with Gasteiger partial charge in [0.1, 0.15) is 10.7 Å². The lowest BCUT2D eigenvalue weighted by molar-refractivity contribution is 0.587. The van der Waals surface area contributed by atoms with Crippen LogP contribution >= 0.6 is 0 Å². The summed E-state index contributed by atoms with van der Waals surface area (Å²) in [5, 5.41) is 4.00. The molecule has 0 saturated carbocycles. The molecule has 7 heteroatoms. The Labute approximate surface area is 104 Å². The maximum absolute atomic E-state index is 12.8. The van der Waals surface area contributed by atoms with E-state index in [1.165, 1.54) is 42.2 Å². The van der Waals surface area contributed by atoms with Crippen LogP contribution in [0.1, 0.15) is 5.69 Å². The van der Waals surface area contributed by atoms with Gasteiger partial charge in [-0.15, -0.1) is 0 Å². The van der Waals surface area contributed by atoms with Gasteiger partial charge in [0.25, 0.3) is 0 Å². The number of nitrogens with zero attached hydrogens (tertiary/aromatic N) is 2. The SMILES string of the molecule is CNS(=O)(=O)c1cnn(-c2ccc(F)cc2)c1C. The van der Waals surface area contributed by atoms with Gasteiger partial charge in [-0.3, -0.25) is 0 Å². The molecule has 1 aromatic carbocycles. The molecule has 2 aromatic rings. The van der Waals surface area contributed by atoms with Crippen molar-refractivity contribution in [2.75, 3.05) is 7.05 Å². The minimum atomic E-state index is -3.53. The molecule has 0 bridgehead atoms. The van der Waals surface area contributed by atoms with Gasteiger partial charge < -0.3 is 0 Å². The molecule has 1 heterocycles. The Morgan fingerprint density at radius 3 is 2.44 bits per heavy atom. The first kappa shape index (κ1) is 12.7. The molecule has 0 aliphatic heterocycles. The van der Waals surface area contributed by atoms with E-state index in [4.69, 9.17) is 0 Å². The van der Waals surface area contributed by atoms with E-state index >= 15 is 0 Å². The van der Waals surface area contributed by atoms with Gasteiger partial charge in [-0.2, -0.15) is 5.10 Å². The number of hydrogen-bond donors (Lipinski definition) is 1. The average molecular weight is 269 g/mol. The number of nitrogens with one attached hydrogen (secondary N) is 1. The minimum absolute atomic E-state index is 0.106. The third-order valence-electron chi connectivity index (χ3n) is 2.59. The summed E-state index contributed by atoms with van der Waals surface area (Å²) in [5.41, 5.74) is 1.07. The highest BCUT2D eigenvalue weighted by molar-refractivity contribution is 7.89. The number of rotatable bonds is 3. The van der Waals surface area contributed by atoms with Gasteiger partial charge in [0.2, 0.25) is 10.0 Å². The highest BCUT2D eigenvalue weighted by Gasteiger charge is 2.19.